The number of non-ortho nitro benzene ring substituents is 1. The summed E-state index contributed by atoms with van der Waals surface area (Å²) in [4.78, 5) is 45.1. The number of anilines is 1. The number of carbonyl (C=O) groups excluding carboxylic acids is 1. The molecule has 0 radical (unpaired) electrons. The summed E-state index contributed by atoms with van der Waals surface area (Å²) in [5.74, 6) is 0.416. The van der Waals surface area contributed by atoms with Gasteiger partial charge in [-0.2, -0.15) is 13.2 Å². The third-order valence-electron chi connectivity index (χ3n) is 7.00. The summed E-state index contributed by atoms with van der Waals surface area (Å²) in [6.07, 6.45) is -3.81. The Bertz CT molecular complexity index is 1670. The normalized spacial score (nSPS) is 13.9. The number of para-hydroxylation sites is 1. The number of benzene rings is 3. The number of hydrogen-bond donors (Lipinski definition) is 0. The van der Waals surface area contributed by atoms with Gasteiger partial charge in [0.05, 0.1) is 27.1 Å². The average molecular weight is 598 g/mol. The highest BCUT2D eigenvalue weighted by atomic mass is 32.2. The monoisotopic (exact) mass is 597 g/mol. The lowest BCUT2D eigenvalue weighted by atomic mass is 10.2. The Kier molecular flexibility index (Phi) is 8.48. The number of hydrogen-bond acceptors (Lipinski definition) is 7. The van der Waals surface area contributed by atoms with Crippen LogP contribution in [0.1, 0.15) is 18.4 Å². The highest BCUT2D eigenvalue weighted by molar-refractivity contribution is 7.99. The molecular weight excluding hydrogens is 571 g/mol. The van der Waals surface area contributed by atoms with Crippen LogP contribution in [-0.4, -0.2) is 57.2 Å². The summed E-state index contributed by atoms with van der Waals surface area (Å²) in [6.45, 7) is 2.24. The van der Waals surface area contributed by atoms with E-state index < -0.39 is 22.2 Å². The topological polar surface area (TPSA) is 102 Å². The summed E-state index contributed by atoms with van der Waals surface area (Å²) in [5, 5.41) is 11.4. The third kappa shape index (κ3) is 6.40. The number of rotatable bonds is 8. The van der Waals surface area contributed by atoms with Crippen molar-refractivity contribution in [1.82, 2.24) is 14.5 Å². The van der Waals surface area contributed by atoms with E-state index in [0.29, 0.717) is 49.3 Å². The first-order valence-corrected chi connectivity index (χ1v) is 14.2. The molecule has 0 spiro atoms. The van der Waals surface area contributed by atoms with Crippen LogP contribution in [-0.2, 0) is 11.0 Å². The molecule has 0 atom stereocenters. The van der Waals surface area contributed by atoms with Crippen LogP contribution in [0.4, 0.5) is 24.5 Å². The molecule has 0 bridgehead atoms. The Morgan fingerprint density at radius 2 is 1.67 bits per heavy atom. The fourth-order valence-electron chi connectivity index (χ4n) is 4.80. The lowest BCUT2D eigenvalue weighted by Gasteiger charge is -2.36. The number of alkyl halides is 3. The lowest BCUT2D eigenvalue weighted by molar-refractivity contribution is -0.384. The zero-order valence-corrected chi connectivity index (χ0v) is 23.1. The van der Waals surface area contributed by atoms with Crippen molar-refractivity contribution in [2.75, 3.05) is 36.8 Å². The minimum atomic E-state index is -4.56. The van der Waals surface area contributed by atoms with Crippen LogP contribution >= 0.6 is 11.8 Å². The molecule has 4 aromatic rings. The predicted octanol–water partition coefficient (Wildman–Crippen LogP) is 5.53. The van der Waals surface area contributed by atoms with Crippen molar-refractivity contribution in [3.05, 3.63) is 98.8 Å². The van der Waals surface area contributed by atoms with E-state index in [4.69, 9.17) is 0 Å². The highest BCUT2D eigenvalue weighted by Gasteiger charge is 2.31. The van der Waals surface area contributed by atoms with E-state index in [1.165, 1.54) is 40.6 Å². The van der Waals surface area contributed by atoms with Crippen molar-refractivity contribution in [1.29, 1.82) is 0 Å². The average Bonchev–Trinajstić information content (AvgIpc) is 2.99. The number of aromatic nitrogens is 2. The molecule has 0 aliphatic carbocycles. The number of halogens is 3. The largest absolute Gasteiger partial charge is 0.416 e. The van der Waals surface area contributed by atoms with E-state index in [-0.39, 0.29) is 28.9 Å². The maximum Gasteiger partial charge on any atom is 0.416 e. The minimum absolute atomic E-state index is 0.0133. The maximum absolute atomic E-state index is 13.4. The lowest BCUT2D eigenvalue weighted by Crippen LogP contribution is -2.48. The molecule has 3 aromatic carbocycles. The van der Waals surface area contributed by atoms with E-state index in [1.807, 2.05) is 0 Å². The van der Waals surface area contributed by atoms with Gasteiger partial charge in [-0.15, -0.1) is 0 Å². The molecule has 5 rings (SSSR count). The van der Waals surface area contributed by atoms with Crippen molar-refractivity contribution < 1.29 is 22.9 Å². The molecule has 2 heterocycles. The van der Waals surface area contributed by atoms with Crippen LogP contribution < -0.4 is 10.5 Å². The second-order valence-electron chi connectivity index (χ2n) is 9.69. The van der Waals surface area contributed by atoms with Gasteiger partial charge in [0, 0.05) is 56.2 Å². The fraction of sp³-hybridized carbons (Fsp3) is 0.276. The van der Waals surface area contributed by atoms with Gasteiger partial charge >= 0.3 is 6.18 Å². The molecule has 218 valence electrons. The number of nitrogens with zero attached hydrogens (tertiary/aromatic N) is 5. The molecule has 0 saturated carbocycles. The van der Waals surface area contributed by atoms with Crippen molar-refractivity contribution in [2.24, 2.45) is 0 Å². The Morgan fingerprint density at radius 1 is 0.952 bits per heavy atom. The minimum Gasteiger partial charge on any atom is -0.368 e. The molecule has 0 N–H and O–H groups in total. The molecule has 1 fully saturated rings. The number of thioether (sulfide) groups is 1. The quantitative estimate of drug-likeness (QED) is 0.0865. The van der Waals surface area contributed by atoms with E-state index in [0.717, 1.165) is 17.8 Å². The van der Waals surface area contributed by atoms with E-state index in [2.05, 4.69) is 9.88 Å². The molecular formula is C29H26F3N5O4S. The first-order valence-electron chi connectivity index (χ1n) is 13.2. The summed E-state index contributed by atoms with van der Waals surface area (Å²) in [7, 11) is 0. The number of nitro benzene ring substituents is 1. The van der Waals surface area contributed by atoms with E-state index >= 15 is 0 Å². The van der Waals surface area contributed by atoms with Gasteiger partial charge in [-0.1, -0.05) is 30.0 Å². The maximum atomic E-state index is 13.4. The fourth-order valence-corrected chi connectivity index (χ4v) is 5.75. The second kappa shape index (κ2) is 12.2. The number of nitro groups is 1. The number of carbonyl (C=O) groups is 1. The molecule has 1 aliphatic rings. The Balaban J connectivity index is 1.22. The zero-order valence-electron chi connectivity index (χ0n) is 22.3. The number of fused-ring (bicyclic) bond motifs is 1. The number of amides is 1. The van der Waals surface area contributed by atoms with Gasteiger partial charge in [-0.25, -0.2) is 4.98 Å². The summed E-state index contributed by atoms with van der Waals surface area (Å²) in [5.41, 5.74) is 0.0577. The molecule has 0 unspecified atom stereocenters. The Morgan fingerprint density at radius 3 is 2.36 bits per heavy atom. The summed E-state index contributed by atoms with van der Waals surface area (Å²) in [6, 6.07) is 17.6. The van der Waals surface area contributed by atoms with Crippen LogP contribution in [0.2, 0.25) is 0 Å². The van der Waals surface area contributed by atoms with Gasteiger partial charge in [0.15, 0.2) is 5.16 Å². The van der Waals surface area contributed by atoms with Crippen molar-refractivity contribution in [3.8, 4) is 5.69 Å². The van der Waals surface area contributed by atoms with E-state index in [9.17, 15) is 32.9 Å². The standard InChI is InChI=1S/C29H26F3N5O4S/c30-29(31,32)20-5-3-6-23(19-20)36-27(39)24-7-1-2-8-25(24)33-28(36)42-18-4-9-26(38)35-16-14-34(15-17-35)21-10-12-22(13-11-21)37(40)41/h1-3,5-8,10-13,19H,4,9,14-18H2. The van der Waals surface area contributed by atoms with Gasteiger partial charge in [-0.3, -0.25) is 24.3 Å². The summed E-state index contributed by atoms with van der Waals surface area (Å²) >= 11 is 1.22. The van der Waals surface area contributed by atoms with Gasteiger partial charge in [0.1, 0.15) is 0 Å². The third-order valence-corrected chi connectivity index (χ3v) is 8.03. The SMILES string of the molecule is O=C(CCCSc1nc2ccccc2c(=O)n1-c1cccc(C(F)(F)F)c1)N1CCN(c2ccc([N+](=O)[O-])cc2)CC1. The molecule has 13 heteroatoms. The summed E-state index contributed by atoms with van der Waals surface area (Å²) < 4.78 is 41.4. The Hall–Kier alpha value is -4.39. The van der Waals surface area contributed by atoms with Gasteiger partial charge in [0.25, 0.3) is 11.2 Å². The predicted molar refractivity (Wildman–Crippen MR) is 154 cm³/mol. The van der Waals surface area contributed by atoms with Crippen molar-refractivity contribution >= 4 is 39.9 Å². The van der Waals surface area contributed by atoms with Gasteiger partial charge in [-0.05, 0) is 48.9 Å². The van der Waals surface area contributed by atoms with Crippen LogP contribution in [0.25, 0.3) is 16.6 Å². The van der Waals surface area contributed by atoms with Crippen molar-refractivity contribution in [3.63, 3.8) is 0 Å². The molecule has 1 saturated heterocycles. The zero-order chi connectivity index (χ0) is 29.9. The molecule has 42 heavy (non-hydrogen) atoms. The molecule has 1 amide bonds. The van der Waals surface area contributed by atoms with Gasteiger partial charge < -0.3 is 9.80 Å². The number of piperazine rings is 1. The smallest absolute Gasteiger partial charge is 0.368 e. The second-order valence-corrected chi connectivity index (χ2v) is 10.8. The van der Waals surface area contributed by atoms with Crippen LogP contribution in [0.15, 0.2) is 82.7 Å². The molecule has 1 aliphatic heterocycles. The van der Waals surface area contributed by atoms with Gasteiger partial charge in [0.2, 0.25) is 5.91 Å². The van der Waals surface area contributed by atoms with E-state index in [1.54, 1.807) is 41.3 Å². The van der Waals surface area contributed by atoms with Crippen molar-refractivity contribution in [2.45, 2.75) is 24.2 Å². The molecule has 1 aromatic heterocycles. The highest BCUT2D eigenvalue weighted by Crippen LogP contribution is 2.31. The first kappa shape index (κ1) is 29.1. The first-order chi connectivity index (χ1) is 20.1. The van der Waals surface area contributed by atoms with Crippen LogP contribution in [0, 0.1) is 10.1 Å². The van der Waals surface area contributed by atoms with Crippen LogP contribution in [0.5, 0.6) is 0 Å². The molecule has 9 nitrogen and oxygen atoms in total. The Labute approximate surface area is 242 Å². The van der Waals surface area contributed by atoms with Crippen LogP contribution in [0.3, 0.4) is 0 Å².